The van der Waals surface area contributed by atoms with Crippen molar-refractivity contribution in [2.75, 3.05) is 45.8 Å². The summed E-state index contributed by atoms with van der Waals surface area (Å²) in [6.45, 7) is 5.71. The molecule has 2 fully saturated rings. The third-order valence-corrected chi connectivity index (χ3v) is 4.76. The number of amides is 3. The van der Waals surface area contributed by atoms with Gasteiger partial charge in [-0.05, 0) is 18.4 Å². The maximum atomic E-state index is 12.2. The fourth-order valence-corrected chi connectivity index (χ4v) is 3.25. The van der Waals surface area contributed by atoms with E-state index >= 15 is 0 Å². The molecule has 2 aliphatic heterocycles. The Morgan fingerprint density at radius 1 is 0.875 bits per heavy atom. The van der Waals surface area contributed by atoms with E-state index in [1.54, 1.807) is 0 Å². The molecule has 0 atom stereocenters. The van der Waals surface area contributed by atoms with Crippen LogP contribution >= 0.6 is 0 Å². The normalized spacial score (nSPS) is 18.7. The van der Waals surface area contributed by atoms with E-state index in [9.17, 15) is 9.59 Å². The van der Waals surface area contributed by atoms with Crippen LogP contribution in [0, 0.1) is 0 Å². The lowest BCUT2D eigenvalue weighted by atomic mass is 10.2. The predicted molar refractivity (Wildman–Crippen MR) is 92.5 cm³/mol. The summed E-state index contributed by atoms with van der Waals surface area (Å²) < 4.78 is 0. The van der Waals surface area contributed by atoms with Crippen molar-refractivity contribution in [2.45, 2.75) is 19.4 Å². The van der Waals surface area contributed by atoms with Gasteiger partial charge in [-0.15, -0.1) is 0 Å². The van der Waals surface area contributed by atoms with Crippen LogP contribution in [0.5, 0.6) is 0 Å². The Bertz CT molecular complexity index is 549. The first-order valence-corrected chi connectivity index (χ1v) is 8.79. The quantitative estimate of drug-likeness (QED) is 0.901. The number of carbonyl (C=O) groups is 2. The summed E-state index contributed by atoms with van der Waals surface area (Å²) >= 11 is 0. The number of nitrogens with one attached hydrogen (secondary N) is 1. The van der Waals surface area contributed by atoms with Crippen LogP contribution in [0.15, 0.2) is 30.3 Å². The van der Waals surface area contributed by atoms with Crippen molar-refractivity contribution in [3.05, 3.63) is 35.9 Å². The summed E-state index contributed by atoms with van der Waals surface area (Å²) in [6, 6.07) is 9.89. The summed E-state index contributed by atoms with van der Waals surface area (Å²) in [5.74, 6) is 0.231. The van der Waals surface area contributed by atoms with Crippen LogP contribution in [0.2, 0.25) is 0 Å². The minimum atomic E-state index is -0.0237. The zero-order valence-electron chi connectivity index (χ0n) is 14.1. The molecule has 24 heavy (non-hydrogen) atoms. The van der Waals surface area contributed by atoms with Crippen molar-refractivity contribution in [3.8, 4) is 0 Å². The van der Waals surface area contributed by atoms with Crippen LogP contribution in [0.25, 0.3) is 0 Å². The lowest BCUT2D eigenvalue weighted by molar-refractivity contribution is -0.131. The third kappa shape index (κ3) is 4.47. The Hall–Kier alpha value is -2.08. The molecule has 0 spiro atoms. The number of rotatable bonds is 4. The van der Waals surface area contributed by atoms with E-state index in [0.717, 1.165) is 44.6 Å². The van der Waals surface area contributed by atoms with E-state index in [0.29, 0.717) is 26.2 Å². The molecule has 3 rings (SSSR count). The standard InChI is InChI=1S/C18H26N4O2/c23-17(21-8-4-5-9-21)15-20-10-12-22(13-11-20)18(24)19-14-16-6-2-1-3-7-16/h1-3,6-7H,4-5,8-15H2,(H,19,24). The number of likely N-dealkylation sites (tertiary alicyclic amines) is 1. The number of benzene rings is 1. The molecule has 0 aromatic heterocycles. The first-order chi connectivity index (χ1) is 11.7. The molecule has 1 aromatic rings. The van der Waals surface area contributed by atoms with Crippen molar-refractivity contribution in [1.29, 1.82) is 0 Å². The number of piperazine rings is 1. The fraction of sp³-hybridized carbons (Fsp3) is 0.556. The van der Waals surface area contributed by atoms with Crippen LogP contribution < -0.4 is 5.32 Å². The Balaban J connectivity index is 1.38. The van der Waals surface area contributed by atoms with Gasteiger partial charge in [-0.2, -0.15) is 0 Å². The van der Waals surface area contributed by atoms with Crippen molar-refractivity contribution < 1.29 is 9.59 Å². The van der Waals surface area contributed by atoms with E-state index in [2.05, 4.69) is 10.2 Å². The molecule has 0 saturated carbocycles. The number of urea groups is 1. The van der Waals surface area contributed by atoms with Crippen LogP contribution in [0.4, 0.5) is 4.79 Å². The molecule has 6 heteroatoms. The van der Waals surface area contributed by atoms with Gasteiger partial charge in [0.25, 0.3) is 0 Å². The van der Waals surface area contributed by atoms with E-state index in [4.69, 9.17) is 0 Å². The van der Waals surface area contributed by atoms with Gasteiger partial charge >= 0.3 is 6.03 Å². The summed E-state index contributed by atoms with van der Waals surface area (Å²) in [5, 5.41) is 2.96. The molecule has 0 radical (unpaired) electrons. The molecular weight excluding hydrogens is 304 g/mol. The Kier molecular flexibility index (Phi) is 5.69. The fourth-order valence-electron chi connectivity index (χ4n) is 3.25. The maximum Gasteiger partial charge on any atom is 0.317 e. The van der Waals surface area contributed by atoms with Gasteiger partial charge < -0.3 is 15.1 Å². The average Bonchev–Trinajstić information content (AvgIpc) is 3.16. The van der Waals surface area contributed by atoms with Gasteiger partial charge in [0.2, 0.25) is 5.91 Å². The second kappa shape index (κ2) is 8.15. The SMILES string of the molecule is O=C(CN1CCN(C(=O)NCc2ccccc2)CC1)N1CCCC1. The molecule has 6 nitrogen and oxygen atoms in total. The number of hydrogen-bond donors (Lipinski definition) is 1. The molecule has 2 heterocycles. The highest BCUT2D eigenvalue weighted by Crippen LogP contribution is 2.09. The van der Waals surface area contributed by atoms with Gasteiger partial charge in [0.1, 0.15) is 0 Å². The minimum absolute atomic E-state index is 0.0237. The second-order valence-corrected chi connectivity index (χ2v) is 6.50. The molecule has 1 N–H and O–H groups in total. The number of nitrogens with zero attached hydrogens (tertiary/aromatic N) is 3. The second-order valence-electron chi connectivity index (χ2n) is 6.50. The van der Waals surface area contributed by atoms with Gasteiger partial charge in [-0.3, -0.25) is 9.69 Å². The minimum Gasteiger partial charge on any atom is -0.342 e. The Morgan fingerprint density at radius 2 is 1.54 bits per heavy atom. The molecule has 0 unspecified atom stereocenters. The summed E-state index contributed by atoms with van der Waals surface area (Å²) in [7, 11) is 0. The summed E-state index contributed by atoms with van der Waals surface area (Å²) in [4.78, 5) is 30.4. The predicted octanol–water partition coefficient (Wildman–Crippen LogP) is 1.14. The summed E-state index contributed by atoms with van der Waals surface area (Å²) in [6.07, 6.45) is 2.25. The van der Waals surface area contributed by atoms with Crippen molar-refractivity contribution >= 4 is 11.9 Å². The summed E-state index contributed by atoms with van der Waals surface area (Å²) in [5.41, 5.74) is 1.10. The molecular formula is C18H26N4O2. The maximum absolute atomic E-state index is 12.2. The van der Waals surface area contributed by atoms with E-state index in [1.807, 2.05) is 40.1 Å². The van der Waals surface area contributed by atoms with Gasteiger partial charge in [0.15, 0.2) is 0 Å². The average molecular weight is 330 g/mol. The van der Waals surface area contributed by atoms with Crippen LogP contribution in [0.3, 0.4) is 0 Å². The van der Waals surface area contributed by atoms with Gasteiger partial charge in [-0.25, -0.2) is 4.79 Å². The highest BCUT2D eigenvalue weighted by Gasteiger charge is 2.25. The number of hydrogen-bond acceptors (Lipinski definition) is 3. The van der Waals surface area contributed by atoms with Gasteiger partial charge in [0, 0.05) is 45.8 Å². The molecule has 130 valence electrons. The molecule has 3 amide bonds. The van der Waals surface area contributed by atoms with Gasteiger partial charge in [0.05, 0.1) is 6.54 Å². The topological polar surface area (TPSA) is 55.9 Å². The molecule has 0 aliphatic carbocycles. The largest absolute Gasteiger partial charge is 0.342 e. The highest BCUT2D eigenvalue weighted by atomic mass is 16.2. The van der Waals surface area contributed by atoms with Crippen LogP contribution in [-0.4, -0.2) is 72.5 Å². The Morgan fingerprint density at radius 3 is 2.21 bits per heavy atom. The molecule has 2 aliphatic rings. The first kappa shape index (κ1) is 16.8. The first-order valence-electron chi connectivity index (χ1n) is 8.79. The van der Waals surface area contributed by atoms with E-state index in [1.165, 1.54) is 0 Å². The van der Waals surface area contributed by atoms with Gasteiger partial charge in [-0.1, -0.05) is 30.3 Å². The zero-order valence-corrected chi connectivity index (χ0v) is 14.1. The smallest absolute Gasteiger partial charge is 0.317 e. The van der Waals surface area contributed by atoms with E-state index in [-0.39, 0.29) is 11.9 Å². The molecule has 0 bridgehead atoms. The van der Waals surface area contributed by atoms with Crippen LogP contribution in [-0.2, 0) is 11.3 Å². The lowest BCUT2D eigenvalue weighted by Crippen LogP contribution is -2.53. The Labute approximate surface area is 143 Å². The third-order valence-electron chi connectivity index (χ3n) is 4.76. The zero-order chi connectivity index (χ0) is 16.8. The van der Waals surface area contributed by atoms with Crippen molar-refractivity contribution in [3.63, 3.8) is 0 Å². The highest BCUT2D eigenvalue weighted by molar-refractivity contribution is 5.78. The molecule has 2 saturated heterocycles. The van der Waals surface area contributed by atoms with Crippen molar-refractivity contribution in [2.24, 2.45) is 0 Å². The number of carbonyl (C=O) groups excluding carboxylic acids is 2. The van der Waals surface area contributed by atoms with E-state index < -0.39 is 0 Å². The van der Waals surface area contributed by atoms with Crippen molar-refractivity contribution in [1.82, 2.24) is 20.0 Å². The van der Waals surface area contributed by atoms with Crippen LogP contribution in [0.1, 0.15) is 18.4 Å². The monoisotopic (exact) mass is 330 g/mol. The lowest BCUT2D eigenvalue weighted by Gasteiger charge is -2.35. The molecule has 1 aromatic carbocycles.